The van der Waals surface area contributed by atoms with E-state index in [9.17, 15) is 29.5 Å². The first-order valence-corrected chi connectivity index (χ1v) is 11.9. The highest BCUT2D eigenvalue weighted by Gasteiger charge is 2.54. The molecule has 1 aromatic rings. The number of fused-ring (bicyclic) bond motifs is 1. The van der Waals surface area contributed by atoms with Crippen molar-refractivity contribution in [1.82, 2.24) is 15.2 Å². The van der Waals surface area contributed by atoms with Crippen molar-refractivity contribution in [1.29, 1.82) is 0 Å². The minimum absolute atomic E-state index is 0.0564. The van der Waals surface area contributed by atoms with Crippen LogP contribution < -0.4 is 11.1 Å². The molecule has 0 saturated carbocycles. The Morgan fingerprint density at radius 2 is 2.22 bits per heavy atom. The molecule has 0 bridgehead atoms. The Morgan fingerprint density at radius 1 is 1.44 bits per heavy atom. The first-order chi connectivity index (χ1) is 15.3. The van der Waals surface area contributed by atoms with Gasteiger partial charge in [0.2, 0.25) is 0 Å². The molecule has 32 heavy (non-hydrogen) atoms. The van der Waals surface area contributed by atoms with Crippen molar-refractivity contribution in [3.05, 3.63) is 33.3 Å². The number of esters is 1. The number of oxime groups is 1. The number of nitrogens with two attached hydrogens (primary N) is 1. The lowest BCUT2D eigenvalue weighted by molar-refractivity contribution is -0.150. The second-order valence-corrected chi connectivity index (χ2v) is 9.72. The fourth-order valence-electron chi connectivity index (χ4n) is 3.20. The molecule has 0 radical (unpaired) electrons. The van der Waals surface area contributed by atoms with Gasteiger partial charge in [-0.1, -0.05) is 5.16 Å². The van der Waals surface area contributed by atoms with Gasteiger partial charge in [0.25, 0.3) is 11.8 Å². The maximum absolute atomic E-state index is 12.7. The van der Waals surface area contributed by atoms with Crippen LogP contribution in [0.3, 0.4) is 0 Å². The summed E-state index contributed by atoms with van der Waals surface area (Å²) in [4.78, 5) is 53.8. The molecule has 4 rings (SSSR count). The van der Waals surface area contributed by atoms with Crippen molar-refractivity contribution in [3.63, 3.8) is 0 Å². The summed E-state index contributed by atoms with van der Waals surface area (Å²) >= 11 is 3.57. The Bertz CT molecular complexity index is 1110. The van der Waals surface area contributed by atoms with E-state index in [-0.39, 0.29) is 23.1 Å². The van der Waals surface area contributed by atoms with Crippen LogP contribution in [0.25, 0.3) is 0 Å². The molecule has 3 aliphatic heterocycles. The average molecular weight is 498 g/mol. The number of cyclic esters (lactones) is 1. The average Bonchev–Trinajstić information content (AvgIpc) is 3.38. The Balaban J connectivity index is 1.47. The Hall–Kier alpha value is -3.04. The zero-order valence-electron chi connectivity index (χ0n) is 16.0. The molecular weight excluding hydrogens is 482 g/mol. The third kappa shape index (κ3) is 4.05. The summed E-state index contributed by atoms with van der Waals surface area (Å²) in [5, 5.41) is 25.3. The number of carboxylic acids is 1. The first-order valence-electron chi connectivity index (χ1n) is 8.94. The van der Waals surface area contributed by atoms with Gasteiger partial charge >= 0.3 is 11.9 Å². The van der Waals surface area contributed by atoms with Gasteiger partial charge in [0, 0.05) is 27.9 Å². The quantitative estimate of drug-likeness (QED) is 0.129. The topological polar surface area (TPSA) is 185 Å². The van der Waals surface area contributed by atoms with Gasteiger partial charge in [0.1, 0.15) is 29.4 Å². The molecule has 5 N–H and O–H groups in total. The fraction of sp³-hybridized carbons (Fsp3) is 0.294. The predicted molar refractivity (Wildman–Crippen MR) is 116 cm³/mol. The van der Waals surface area contributed by atoms with Crippen LogP contribution >= 0.6 is 34.9 Å². The molecule has 2 amide bonds. The number of thiazole rings is 1. The summed E-state index contributed by atoms with van der Waals surface area (Å²) in [7, 11) is 0. The minimum atomic E-state index is -1.26. The number of nitrogens with one attached hydrogen (secondary N) is 1. The SMILES string of the molecule is Nc1nc(/C(=N/O)C(=O)N[C@@H]2C(=O)N3C(C(=O)O)=C(SCC4=CC(=O)OC4)CS[C@H]23)cs1. The smallest absolute Gasteiger partial charge is 0.353 e. The van der Waals surface area contributed by atoms with Gasteiger partial charge in [-0.05, 0) is 5.57 Å². The number of β-lactam (4-membered cyclic amide) rings is 1. The third-order valence-corrected chi connectivity index (χ3v) is 7.99. The van der Waals surface area contributed by atoms with E-state index in [0.717, 1.165) is 21.8 Å². The molecule has 1 fully saturated rings. The number of anilines is 1. The molecule has 0 unspecified atom stereocenters. The van der Waals surface area contributed by atoms with E-state index in [1.807, 2.05) is 0 Å². The predicted octanol–water partition coefficient (Wildman–Crippen LogP) is -0.184. The lowest BCUT2D eigenvalue weighted by atomic mass is 10.0. The molecule has 15 heteroatoms. The summed E-state index contributed by atoms with van der Waals surface area (Å²) in [5.74, 6) is -2.47. The van der Waals surface area contributed by atoms with Crippen LogP contribution in [0.2, 0.25) is 0 Å². The van der Waals surface area contributed by atoms with Gasteiger partial charge in [0.15, 0.2) is 10.8 Å². The number of ether oxygens (including phenoxy) is 1. The number of aromatic nitrogens is 1. The van der Waals surface area contributed by atoms with E-state index in [0.29, 0.717) is 16.4 Å². The molecule has 0 spiro atoms. The Labute approximate surface area is 192 Å². The fourth-order valence-corrected chi connectivity index (χ4v) is 6.33. The van der Waals surface area contributed by atoms with E-state index < -0.39 is 40.9 Å². The third-order valence-electron chi connectivity index (χ3n) is 4.66. The molecule has 4 heterocycles. The van der Waals surface area contributed by atoms with Gasteiger partial charge in [-0.2, -0.15) is 0 Å². The Kier molecular flexibility index (Phi) is 6.12. The maximum atomic E-state index is 12.7. The van der Waals surface area contributed by atoms with Crippen molar-refractivity contribution < 1.29 is 34.2 Å². The number of nitrogen functional groups attached to an aromatic ring is 1. The van der Waals surface area contributed by atoms with E-state index in [1.165, 1.54) is 35.0 Å². The molecule has 0 aliphatic carbocycles. The number of thioether (sulfide) groups is 2. The molecule has 3 aliphatic rings. The highest BCUT2D eigenvalue weighted by molar-refractivity contribution is 8.06. The number of hydrogen-bond donors (Lipinski definition) is 4. The minimum Gasteiger partial charge on any atom is -0.477 e. The highest BCUT2D eigenvalue weighted by Crippen LogP contribution is 2.43. The normalized spacial score (nSPS) is 22.8. The van der Waals surface area contributed by atoms with Crippen LogP contribution in [0.5, 0.6) is 0 Å². The lowest BCUT2D eigenvalue weighted by Crippen LogP contribution is -2.71. The van der Waals surface area contributed by atoms with Crippen molar-refractivity contribution in [2.45, 2.75) is 11.4 Å². The van der Waals surface area contributed by atoms with Crippen LogP contribution in [0.1, 0.15) is 5.69 Å². The number of nitrogens with zero attached hydrogens (tertiary/aromatic N) is 3. The van der Waals surface area contributed by atoms with Gasteiger partial charge in [-0.15, -0.1) is 34.9 Å². The summed E-state index contributed by atoms with van der Waals surface area (Å²) < 4.78 is 4.83. The second kappa shape index (κ2) is 8.84. The summed E-state index contributed by atoms with van der Waals surface area (Å²) in [6.45, 7) is 0.160. The van der Waals surface area contributed by atoms with Crippen LogP contribution in [-0.4, -0.2) is 79.2 Å². The number of carbonyl (C=O) groups excluding carboxylic acids is 3. The summed E-state index contributed by atoms with van der Waals surface area (Å²) in [6, 6.07) is -0.996. The van der Waals surface area contributed by atoms with E-state index >= 15 is 0 Å². The van der Waals surface area contributed by atoms with E-state index in [2.05, 4.69) is 15.5 Å². The van der Waals surface area contributed by atoms with Crippen molar-refractivity contribution in [2.24, 2.45) is 5.16 Å². The number of aliphatic carboxylic acids is 1. The highest BCUT2D eigenvalue weighted by atomic mass is 32.2. The van der Waals surface area contributed by atoms with Crippen molar-refractivity contribution in [3.8, 4) is 0 Å². The molecule has 1 saturated heterocycles. The number of rotatable bonds is 7. The molecule has 1 aromatic heterocycles. The van der Waals surface area contributed by atoms with Crippen LogP contribution in [-0.2, 0) is 23.9 Å². The van der Waals surface area contributed by atoms with Crippen molar-refractivity contribution in [2.75, 3.05) is 23.8 Å². The van der Waals surface area contributed by atoms with Gasteiger partial charge < -0.3 is 26.1 Å². The molecular formula is C17H15N5O7S3. The van der Waals surface area contributed by atoms with Gasteiger partial charge in [0.05, 0.1) is 0 Å². The molecule has 168 valence electrons. The second-order valence-electron chi connectivity index (χ2n) is 6.66. The van der Waals surface area contributed by atoms with Crippen LogP contribution in [0.15, 0.2) is 32.8 Å². The molecule has 2 atom stereocenters. The van der Waals surface area contributed by atoms with E-state index in [4.69, 9.17) is 10.5 Å². The van der Waals surface area contributed by atoms with Crippen LogP contribution in [0.4, 0.5) is 5.13 Å². The number of hydrogen-bond acceptors (Lipinski definition) is 12. The van der Waals surface area contributed by atoms with Crippen molar-refractivity contribution >= 4 is 69.5 Å². The zero-order valence-corrected chi connectivity index (χ0v) is 18.5. The summed E-state index contributed by atoms with van der Waals surface area (Å²) in [5.41, 5.74) is 5.76. The summed E-state index contributed by atoms with van der Waals surface area (Å²) in [6.07, 6.45) is 1.36. The first kappa shape index (κ1) is 22.2. The van der Waals surface area contributed by atoms with Crippen LogP contribution in [0, 0.1) is 0 Å². The lowest BCUT2D eigenvalue weighted by Gasteiger charge is -2.49. The monoisotopic (exact) mass is 497 g/mol. The van der Waals surface area contributed by atoms with E-state index in [1.54, 1.807) is 0 Å². The standard InChI is InChI=1S/C17H15N5O7S3/c18-17-19-7(4-32-17)10(21-28)13(24)20-11-14(25)22-12(16(26)27)8(5-31-15(11)22)30-3-6-1-9(23)29-2-6/h1,4,11,15,28H,2-3,5H2,(H2,18,19)(H,20,24)(H,26,27)/b21-10-/t11-,15-/m1/s1. The van der Waals surface area contributed by atoms with Gasteiger partial charge in [-0.25, -0.2) is 14.6 Å². The molecule has 12 nitrogen and oxygen atoms in total. The van der Waals surface area contributed by atoms with Gasteiger partial charge in [-0.3, -0.25) is 14.5 Å². The Morgan fingerprint density at radius 3 is 2.81 bits per heavy atom. The number of carboxylic acid groups (broad SMARTS) is 1. The number of amides is 2. The maximum Gasteiger partial charge on any atom is 0.353 e. The largest absolute Gasteiger partial charge is 0.477 e. The number of carbonyl (C=O) groups is 4. The zero-order chi connectivity index (χ0) is 23.0. The molecule has 0 aromatic carbocycles.